The molecule has 0 atom stereocenters. The van der Waals surface area contributed by atoms with Gasteiger partial charge in [0.05, 0.1) is 16.9 Å². The van der Waals surface area contributed by atoms with E-state index in [0.29, 0.717) is 12.8 Å². The first-order valence-corrected chi connectivity index (χ1v) is 7.13. The van der Waals surface area contributed by atoms with Crippen molar-refractivity contribution in [1.29, 1.82) is 0 Å². The Labute approximate surface area is 129 Å². The van der Waals surface area contributed by atoms with Crippen LogP contribution in [0.2, 0.25) is 0 Å². The number of benzene rings is 1. The molecule has 23 heavy (non-hydrogen) atoms. The lowest BCUT2D eigenvalue weighted by Crippen LogP contribution is -2.19. The highest BCUT2D eigenvalue weighted by Crippen LogP contribution is 2.32. The van der Waals surface area contributed by atoms with E-state index in [2.05, 4.69) is 0 Å². The van der Waals surface area contributed by atoms with Gasteiger partial charge in [-0.2, -0.15) is 4.39 Å². The summed E-state index contributed by atoms with van der Waals surface area (Å²) >= 11 is 0. The highest BCUT2D eigenvalue weighted by molar-refractivity contribution is 6.09. The van der Waals surface area contributed by atoms with Gasteiger partial charge in [0.25, 0.3) is 0 Å². The predicted octanol–water partition coefficient (Wildman–Crippen LogP) is 3.65. The van der Waals surface area contributed by atoms with Crippen molar-refractivity contribution >= 4 is 17.3 Å². The lowest BCUT2D eigenvalue weighted by Gasteiger charge is -2.11. The fraction of sp³-hybridized carbons (Fsp3) is 0.467. The maximum absolute atomic E-state index is 13.9. The summed E-state index contributed by atoms with van der Waals surface area (Å²) in [7, 11) is 0. The van der Waals surface area contributed by atoms with Crippen molar-refractivity contribution in [1.82, 2.24) is 0 Å². The number of nitrogens with zero attached hydrogens (tertiary/aromatic N) is 1. The number of nitro benzene ring substituents is 1. The third-order valence-electron chi connectivity index (χ3n) is 4.15. The average Bonchev–Trinajstić information content (AvgIpc) is 2.99. The molecule has 0 saturated heterocycles. The van der Waals surface area contributed by atoms with E-state index < -0.39 is 57.2 Å². The number of rotatable bonds is 5. The van der Waals surface area contributed by atoms with Crippen LogP contribution < -0.4 is 0 Å². The summed E-state index contributed by atoms with van der Waals surface area (Å²) in [4.78, 5) is 33.7. The molecule has 124 valence electrons. The van der Waals surface area contributed by atoms with E-state index >= 15 is 0 Å². The first kappa shape index (κ1) is 17.1. The number of halogens is 3. The summed E-state index contributed by atoms with van der Waals surface area (Å²) in [6.45, 7) is 0.955. The van der Waals surface area contributed by atoms with Gasteiger partial charge in [0.2, 0.25) is 11.6 Å². The Morgan fingerprint density at radius 2 is 1.70 bits per heavy atom. The lowest BCUT2D eigenvalue weighted by molar-refractivity contribution is -0.388. The lowest BCUT2D eigenvalue weighted by atomic mass is 9.93. The van der Waals surface area contributed by atoms with Gasteiger partial charge in [0, 0.05) is 11.5 Å². The third kappa shape index (κ3) is 3.11. The van der Waals surface area contributed by atoms with E-state index in [0.717, 1.165) is 19.8 Å². The monoisotopic (exact) mass is 329 g/mol. The summed E-state index contributed by atoms with van der Waals surface area (Å²) < 4.78 is 40.9. The number of nitro groups is 1. The number of Topliss-reactive ketones (excluding diaryl/α,β-unsaturated/α-hetero) is 2. The summed E-state index contributed by atoms with van der Waals surface area (Å²) in [5.74, 6) is -7.61. The number of hydrogen-bond acceptors (Lipinski definition) is 4. The van der Waals surface area contributed by atoms with Crippen LogP contribution in [0.15, 0.2) is 0 Å². The zero-order valence-corrected chi connectivity index (χ0v) is 12.3. The summed E-state index contributed by atoms with van der Waals surface area (Å²) in [6.07, 6.45) is 2.30. The maximum atomic E-state index is 13.9. The van der Waals surface area contributed by atoms with E-state index in [1.807, 2.05) is 0 Å². The van der Waals surface area contributed by atoms with E-state index in [1.165, 1.54) is 0 Å². The normalized spacial score (nSPS) is 15.0. The van der Waals surface area contributed by atoms with Gasteiger partial charge in [0.1, 0.15) is 5.78 Å². The van der Waals surface area contributed by atoms with Crippen LogP contribution in [0, 0.1) is 40.4 Å². The molecule has 5 nitrogen and oxygen atoms in total. The van der Waals surface area contributed by atoms with Gasteiger partial charge in [-0.15, -0.1) is 0 Å². The Balaban J connectivity index is 2.40. The second-order valence-electron chi connectivity index (χ2n) is 5.60. The van der Waals surface area contributed by atoms with Gasteiger partial charge in [-0.25, -0.2) is 8.78 Å². The van der Waals surface area contributed by atoms with Gasteiger partial charge >= 0.3 is 5.69 Å². The predicted molar refractivity (Wildman–Crippen MR) is 73.6 cm³/mol. The highest BCUT2D eigenvalue weighted by atomic mass is 19.2. The van der Waals surface area contributed by atoms with E-state index in [-0.39, 0.29) is 5.92 Å². The minimum Gasteiger partial charge on any atom is -0.299 e. The van der Waals surface area contributed by atoms with E-state index in [4.69, 9.17) is 0 Å². The van der Waals surface area contributed by atoms with Crippen LogP contribution in [0.5, 0.6) is 0 Å². The molecule has 1 aliphatic carbocycles. The van der Waals surface area contributed by atoms with Crippen LogP contribution in [-0.4, -0.2) is 16.5 Å². The minimum absolute atomic E-state index is 0.303. The largest absolute Gasteiger partial charge is 0.311 e. The summed E-state index contributed by atoms with van der Waals surface area (Å²) in [5, 5.41) is 10.8. The Kier molecular flexibility index (Phi) is 4.82. The average molecular weight is 329 g/mol. The van der Waals surface area contributed by atoms with Crippen molar-refractivity contribution in [3.8, 4) is 0 Å². The molecular formula is C15H14F3NO4. The quantitative estimate of drug-likeness (QED) is 0.272. The van der Waals surface area contributed by atoms with E-state index in [9.17, 15) is 32.9 Å². The SMILES string of the molecule is Cc1c(C(=O)CC(=O)C2CCCC2)c(F)c(F)c(F)c1[N+](=O)[O-]. The van der Waals surface area contributed by atoms with Crippen molar-refractivity contribution in [2.45, 2.75) is 39.0 Å². The van der Waals surface area contributed by atoms with Gasteiger partial charge in [0.15, 0.2) is 11.6 Å². The number of carbonyl (C=O) groups is 2. The first-order chi connectivity index (χ1) is 10.8. The molecule has 1 aromatic rings. The zero-order valence-electron chi connectivity index (χ0n) is 12.3. The standard InChI is InChI=1S/C15H14F3NO4/c1-7-11(10(21)6-9(20)8-4-2-3-5-8)12(16)13(17)14(18)15(7)19(22)23/h8H,2-6H2,1H3. The number of carbonyl (C=O) groups excluding carboxylic acids is 2. The van der Waals surface area contributed by atoms with Crippen LogP contribution in [0.3, 0.4) is 0 Å². The fourth-order valence-corrected chi connectivity index (χ4v) is 2.95. The van der Waals surface area contributed by atoms with Crippen LogP contribution in [0.4, 0.5) is 18.9 Å². The van der Waals surface area contributed by atoms with E-state index in [1.54, 1.807) is 0 Å². The van der Waals surface area contributed by atoms with Gasteiger partial charge in [-0.1, -0.05) is 12.8 Å². The molecular weight excluding hydrogens is 315 g/mol. The van der Waals surface area contributed by atoms with Crippen LogP contribution in [-0.2, 0) is 4.79 Å². The van der Waals surface area contributed by atoms with Gasteiger partial charge in [-0.05, 0) is 19.8 Å². The molecule has 0 aliphatic heterocycles. The molecule has 0 unspecified atom stereocenters. The number of ketones is 2. The van der Waals surface area contributed by atoms with Crippen LogP contribution in [0.25, 0.3) is 0 Å². The molecule has 0 heterocycles. The van der Waals surface area contributed by atoms with Crippen molar-refractivity contribution in [3.63, 3.8) is 0 Å². The highest BCUT2D eigenvalue weighted by Gasteiger charge is 2.34. The summed E-state index contributed by atoms with van der Waals surface area (Å²) in [5.41, 5.74) is -2.84. The number of hydrogen-bond donors (Lipinski definition) is 0. The molecule has 2 rings (SSSR count). The molecule has 0 aromatic heterocycles. The molecule has 1 aliphatic rings. The fourth-order valence-electron chi connectivity index (χ4n) is 2.95. The molecule has 0 radical (unpaired) electrons. The molecule has 1 fully saturated rings. The van der Waals surface area contributed by atoms with Crippen LogP contribution >= 0.6 is 0 Å². The van der Waals surface area contributed by atoms with Crippen molar-refractivity contribution in [2.75, 3.05) is 0 Å². The molecule has 1 aromatic carbocycles. The topological polar surface area (TPSA) is 77.3 Å². The Morgan fingerprint density at radius 1 is 1.13 bits per heavy atom. The summed E-state index contributed by atoms with van der Waals surface area (Å²) in [6, 6.07) is 0. The third-order valence-corrected chi connectivity index (χ3v) is 4.15. The minimum atomic E-state index is -2.08. The molecule has 0 spiro atoms. The van der Waals surface area contributed by atoms with Crippen molar-refractivity contribution in [3.05, 3.63) is 38.7 Å². The first-order valence-electron chi connectivity index (χ1n) is 7.13. The van der Waals surface area contributed by atoms with Crippen molar-refractivity contribution in [2.24, 2.45) is 5.92 Å². The smallest absolute Gasteiger partial charge is 0.299 e. The maximum Gasteiger partial charge on any atom is 0.311 e. The Bertz CT molecular complexity index is 697. The Morgan fingerprint density at radius 3 is 2.22 bits per heavy atom. The second-order valence-corrected chi connectivity index (χ2v) is 5.60. The van der Waals surface area contributed by atoms with Crippen molar-refractivity contribution < 1.29 is 27.7 Å². The Hall–Kier alpha value is -2.25. The van der Waals surface area contributed by atoms with Crippen LogP contribution in [0.1, 0.15) is 48.0 Å². The molecule has 0 N–H and O–H groups in total. The molecule has 0 bridgehead atoms. The molecule has 8 heteroatoms. The second kappa shape index (κ2) is 6.47. The van der Waals surface area contributed by atoms with Gasteiger partial charge in [-0.3, -0.25) is 19.7 Å². The molecule has 0 amide bonds. The van der Waals surface area contributed by atoms with Gasteiger partial charge < -0.3 is 0 Å². The molecule has 1 saturated carbocycles. The zero-order chi connectivity index (χ0) is 17.3.